The van der Waals surface area contributed by atoms with Crippen LogP contribution in [0.5, 0.6) is 5.75 Å². The first kappa shape index (κ1) is 18.8. The van der Waals surface area contributed by atoms with E-state index in [4.69, 9.17) is 4.74 Å². The molecule has 1 amide bonds. The minimum absolute atomic E-state index is 0.0421. The van der Waals surface area contributed by atoms with E-state index in [0.717, 1.165) is 6.07 Å². The minimum atomic E-state index is -3.08. The molecule has 26 heavy (non-hydrogen) atoms. The Morgan fingerprint density at radius 1 is 1.12 bits per heavy atom. The van der Waals surface area contributed by atoms with Crippen LogP contribution in [0.1, 0.15) is 10.4 Å². The Morgan fingerprint density at radius 2 is 1.77 bits per heavy atom. The van der Waals surface area contributed by atoms with Crippen molar-refractivity contribution >= 4 is 23.3 Å². The summed E-state index contributed by atoms with van der Waals surface area (Å²) >= 11 is 0. The van der Waals surface area contributed by atoms with Gasteiger partial charge in [0.05, 0.1) is 10.6 Å². The Labute approximate surface area is 145 Å². The van der Waals surface area contributed by atoms with E-state index in [1.807, 2.05) is 0 Å². The second-order valence-electron chi connectivity index (χ2n) is 4.77. The first-order valence-electron chi connectivity index (χ1n) is 7.12. The van der Waals surface area contributed by atoms with Gasteiger partial charge < -0.3 is 14.8 Å². The number of hydrogen-bond acceptors (Lipinski definition) is 6. The molecule has 0 aliphatic carbocycles. The molecule has 10 heteroatoms. The van der Waals surface area contributed by atoms with E-state index in [9.17, 15) is 28.5 Å². The van der Waals surface area contributed by atoms with Crippen molar-refractivity contribution in [2.24, 2.45) is 0 Å². The van der Waals surface area contributed by atoms with Crippen LogP contribution < -0.4 is 10.1 Å². The predicted molar refractivity (Wildman–Crippen MR) is 85.1 cm³/mol. The molecular weight excluding hydrogens is 354 g/mol. The van der Waals surface area contributed by atoms with E-state index < -0.39 is 35.7 Å². The lowest BCUT2D eigenvalue weighted by Gasteiger charge is -2.11. The maximum absolute atomic E-state index is 12.3. The fourth-order valence-corrected chi connectivity index (χ4v) is 1.97. The molecule has 0 unspecified atom stereocenters. The van der Waals surface area contributed by atoms with E-state index >= 15 is 0 Å². The van der Waals surface area contributed by atoms with Crippen LogP contribution in [0.4, 0.5) is 20.2 Å². The third-order valence-corrected chi connectivity index (χ3v) is 3.03. The summed E-state index contributed by atoms with van der Waals surface area (Å²) in [5, 5.41) is 13.1. The van der Waals surface area contributed by atoms with Crippen molar-refractivity contribution in [2.45, 2.75) is 6.61 Å². The summed E-state index contributed by atoms with van der Waals surface area (Å²) in [6.45, 7) is -3.85. The number of nitro benzene ring substituents is 1. The van der Waals surface area contributed by atoms with Gasteiger partial charge in [-0.3, -0.25) is 14.9 Å². The molecule has 0 aliphatic rings. The Hall–Kier alpha value is -3.56. The number of anilines is 1. The topological polar surface area (TPSA) is 108 Å². The van der Waals surface area contributed by atoms with Crippen LogP contribution in [0.25, 0.3) is 0 Å². The molecule has 0 saturated heterocycles. The lowest BCUT2D eigenvalue weighted by molar-refractivity contribution is -0.385. The van der Waals surface area contributed by atoms with Gasteiger partial charge in [0.15, 0.2) is 6.61 Å². The van der Waals surface area contributed by atoms with Crippen molar-refractivity contribution < 1.29 is 32.8 Å². The Morgan fingerprint density at radius 3 is 2.46 bits per heavy atom. The van der Waals surface area contributed by atoms with Crippen LogP contribution in [0, 0.1) is 10.1 Å². The molecule has 0 bridgehead atoms. The van der Waals surface area contributed by atoms with E-state index in [1.54, 1.807) is 0 Å². The molecule has 0 saturated carbocycles. The van der Waals surface area contributed by atoms with Crippen LogP contribution in [0.3, 0.4) is 0 Å². The lowest BCUT2D eigenvalue weighted by atomic mass is 10.2. The van der Waals surface area contributed by atoms with Crippen molar-refractivity contribution in [3.05, 3.63) is 64.2 Å². The highest BCUT2D eigenvalue weighted by Crippen LogP contribution is 2.25. The molecule has 1 N–H and O–H groups in total. The number of nitro groups is 1. The Balaban J connectivity index is 2.00. The maximum atomic E-state index is 12.3. The number of alkyl halides is 2. The van der Waals surface area contributed by atoms with Crippen LogP contribution in [0.2, 0.25) is 0 Å². The first-order chi connectivity index (χ1) is 12.4. The van der Waals surface area contributed by atoms with Gasteiger partial charge >= 0.3 is 12.6 Å². The number of halogens is 2. The number of esters is 1. The van der Waals surface area contributed by atoms with Gasteiger partial charge in [0, 0.05) is 6.07 Å². The van der Waals surface area contributed by atoms with Gasteiger partial charge in [-0.15, -0.1) is 0 Å². The van der Waals surface area contributed by atoms with Crippen molar-refractivity contribution in [2.75, 3.05) is 11.9 Å². The number of carbonyl (C=O) groups is 2. The Bertz CT molecular complexity index is 828. The van der Waals surface area contributed by atoms with Gasteiger partial charge in [0.25, 0.3) is 11.6 Å². The molecule has 0 fully saturated rings. The van der Waals surface area contributed by atoms with Gasteiger partial charge in [0.2, 0.25) is 0 Å². The highest BCUT2D eigenvalue weighted by molar-refractivity contribution is 5.98. The molecule has 8 nitrogen and oxygen atoms in total. The highest BCUT2D eigenvalue weighted by Gasteiger charge is 2.21. The molecule has 0 atom stereocenters. The molecule has 0 aliphatic heterocycles. The zero-order valence-corrected chi connectivity index (χ0v) is 13.1. The van der Waals surface area contributed by atoms with Crippen LogP contribution >= 0.6 is 0 Å². The lowest BCUT2D eigenvalue weighted by Crippen LogP contribution is -2.21. The molecule has 136 valence electrons. The average molecular weight is 366 g/mol. The number of rotatable bonds is 7. The molecule has 2 aromatic carbocycles. The normalized spacial score (nSPS) is 10.3. The molecule has 2 aromatic rings. The SMILES string of the molecule is O=C(COC(=O)c1ccccc1[N+](=O)[O-])Nc1ccccc1OC(F)F. The average Bonchev–Trinajstić information content (AvgIpc) is 2.61. The van der Waals surface area contributed by atoms with Gasteiger partial charge in [-0.25, -0.2) is 4.79 Å². The summed E-state index contributed by atoms with van der Waals surface area (Å²) in [4.78, 5) is 33.9. The summed E-state index contributed by atoms with van der Waals surface area (Å²) in [6.07, 6.45) is 0. The monoisotopic (exact) mass is 366 g/mol. The highest BCUT2D eigenvalue weighted by atomic mass is 19.3. The summed E-state index contributed by atoms with van der Waals surface area (Å²) in [5.74, 6) is -2.16. The van der Waals surface area contributed by atoms with Crippen LogP contribution in [-0.4, -0.2) is 30.0 Å². The van der Waals surface area contributed by atoms with Gasteiger partial charge in [-0.1, -0.05) is 24.3 Å². The van der Waals surface area contributed by atoms with Crippen molar-refractivity contribution in [3.8, 4) is 5.75 Å². The molecule has 0 spiro atoms. The van der Waals surface area contributed by atoms with E-state index in [2.05, 4.69) is 10.1 Å². The standard InChI is InChI=1S/C16H12F2N2O6/c17-16(18)26-13-8-4-2-6-11(13)19-14(21)9-25-15(22)10-5-1-3-7-12(10)20(23)24/h1-8,16H,9H2,(H,19,21). The summed E-state index contributed by atoms with van der Waals surface area (Å²) in [6, 6.07) is 10.5. The third kappa shape index (κ3) is 4.97. The number of nitrogens with zero attached hydrogens (tertiary/aromatic N) is 1. The zero-order chi connectivity index (χ0) is 19.1. The number of amides is 1. The van der Waals surface area contributed by atoms with Crippen molar-refractivity contribution in [1.29, 1.82) is 0 Å². The second kappa shape index (κ2) is 8.51. The van der Waals surface area contributed by atoms with Crippen molar-refractivity contribution in [1.82, 2.24) is 0 Å². The number of nitrogens with one attached hydrogen (secondary N) is 1. The van der Waals surface area contributed by atoms with Gasteiger partial charge in [-0.2, -0.15) is 8.78 Å². The quantitative estimate of drug-likeness (QED) is 0.458. The number of para-hydroxylation sites is 3. The van der Waals surface area contributed by atoms with Crippen LogP contribution in [-0.2, 0) is 9.53 Å². The third-order valence-electron chi connectivity index (χ3n) is 3.03. The summed E-state index contributed by atoms with van der Waals surface area (Å²) in [7, 11) is 0. The summed E-state index contributed by atoms with van der Waals surface area (Å²) < 4.78 is 33.6. The fourth-order valence-electron chi connectivity index (χ4n) is 1.97. The zero-order valence-electron chi connectivity index (χ0n) is 13.1. The van der Waals surface area contributed by atoms with E-state index in [-0.39, 0.29) is 17.0 Å². The van der Waals surface area contributed by atoms with Crippen LogP contribution in [0.15, 0.2) is 48.5 Å². The van der Waals surface area contributed by atoms with Gasteiger partial charge in [0.1, 0.15) is 11.3 Å². The second-order valence-corrected chi connectivity index (χ2v) is 4.77. The summed E-state index contributed by atoms with van der Waals surface area (Å²) in [5.41, 5.74) is -0.820. The first-order valence-corrected chi connectivity index (χ1v) is 7.12. The number of carbonyl (C=O) groups excluding carboxylic acids is 2. The molecule has 0 radical (unpaired) electrons. The number of hydrogen-bond donors (Lipinski definition) is 1. The fraction of sp³-hybridized carbons (Fsp3) is 0.125. The number of ether oxygens (including phenoxy) is 2. The molecular formula is C16H12F2N2O6. The van der Waals surface area contributed by atoms with Crippen molar-refractivity contribution in [3.63, 3.8) is 0 Å². The number of benzene rings is 2. The molecule has 0 aromatic heterocycles. The van der Waals surface area contributed by atoms with Gasteiger partial charge in [-0.05, 0) is 18.2 Å². The molecule has 0 heterocycles. The largest absolute Gasteiger partial charge is 0.452 e. The molecule has 2 rings (SSSR count). The van der Waals surface area contributed by atoms with E-state index in [1.165, 1.54) is 42.5 Å². The maximum Gasteiger partial charge on any atom is 0.387 e. The van der Waals surface area contributed by atoms with E-state index in [0.29, 0.717) is 0 Å². The smallest absolute Gasteiger partial charge is 0.387 e. The predicted octanol–water partition coefficient (Wildman–Crippen LogP) is 2.99. The minimum Gasteiger partial charge on any atom is -0.452 e. The Kier molecular flexibility index (Phi) is 6.15.